The Morgan fingerprint density at radius 1 is 1.40 bits per heavy atom. The molecule has 0 amide bonds. The molecule has 10 heavy (non-hydrogen) atoms. The van der Waals surface area contributed by atoms with E-state index in [1.54, 1.807) is 0 Å². The van der Waals surface area contributed by atoms with Crippen molar-refractivity contribution in [2.75, 3.05) is 0 Å². The monoisotopic (exact) mass is 176 g/mol. The summed E-state index contributed by atoms with van der Waals surface area (Å²) < 4.78 is 0. The molecule has 0 fully saturated rings. The summed E-state index contributed by atoms with van der Waals surface area (Å²) in [6, 6.07) is 0. The molecule has 0 aliphatic carbocycles. The maximum Gasteiger partial charge on any atom is 0.153 e. The molecule has 0 saturated heterocycles. The molecule has 55 valence electrons. The summed E-state index contributed by atoms with van der Waals surface area (Å²) in [5.41, 5.74) is 0. The van der Waals surface area contributed by atoms with E-state index in [1.165, 1.54) is 0 Å². The number of aromatic nitrogens is 3. The Kier molecular flexibility index (Phi) is 3.68. The molecule has 0 saturated carbocycles. The fourth-order valence-corrected chi connectivity index (χ4v) is 0.618. The van der Waals surface area contributed by atoms with E-state index in [0.717, 1.165) is 11.6 Å². The minimum atomic E-state index is 0. The van der Waals surface area contributed by atoms with Gasteiger partial charge < -0.3 is 0 Å². The van der Waals surface area contributed by atoms with Crippen molar-refractivity contribution >= 4 is 0 Å². The Bertz CT molecular complexity index is 195. The van der Waals surface area contributed by atoms with Gasteiger partial charge in [0.1, 0.15) is 5.82 Å². The number of H-pyrrole nitrogens is 1. The van der Waals surface area contributed by atoms with Crippen LogP contribution in [0.1, 0.15) is 31.4 Å². The standard InChI is InChI=1S/C6H11N3.V/c1-4(2)6-7-5(3)8-9-6;/h4H,1-3H3,(H,7,8,9);. The molecule has 3 nitrogen and oxygen atoms in total. The van der Waals surface area contributed by atoms with Crippen molar-refractivity contribution in [3.05, 3.63) is 11.6 Å². The van der Waals surface area contributed by atoms with Crippen molar-refractivity contribution in [3.63, 3.8) is 0 Å². The van der Waals surface area contributed by atoms with Crippen molar-refractivity contribution in [2.24, 2.45) is 0 Å². The smallest absolute Gasteiger partial charge is 0.153 e. The second-order valence-corrected chi connectivity index (χ2v) is 2.43. The van der Waals surface area contributed by atoms with Crippen LogP contribution in [0.4, 0.5) is 0 Å². The van der Waals surface area contributed by atoms with Crippen LogP contribution in [0.3, 0.4) is 0 Å². The van der Waals surface area contributed by atoms with Gasteiger partial charge >= 0.3 is 0 Å². The molecule has 1 heterocycles. The summed E-state index contributed by atoms with van der Waals surface area (Å²) >= 11 is 0. The van der Waals surface area contributed by atoms with E-state index in [4.69, 9.17) is 0 Å². The molecule has 0 atom stereocenters. The molecule has 0 spiro atoms. The average Bonchev–Trinajstić information content (AvgIpc) is 2.14. The molecule has 1 N–H and O–H groups in total. The molecule has 4 heteroatoms. The van der Waals surface area contributed by atoms with E-state index in [1.807, 2.05) is 6.92 Å². The summed E-state index contributed by atoms with van der Waals surface area (Å²) in [4.78, 5) is 4.14. The van der Waals surface area contributed by atoms with Crippen LogP contribution in [0.5, 0.6) is 0 Å². The molecule has 0 aromatic carbocycles. The molecule has 0 unspecified atom stereocenters. The molecule has 1 radical (unpaired) electrons. The van der Waals surface area contributed by atoms with E-state index < -0.39 is 0 Å². The predicted molar refractivity (Wildman–Crippen MR) is 35.2 cm³/mol. The molecule has 0 bridgehead atoms. The molecular formula is C6H11N3V. The van der Waals surface area contributed by atoms with Gasteiger partial charge in [-0.3, -0.25) is 5.10 Å². The number of rotatable bonds is 1. The van der Waals surface area contributed by atoms with Crippen LogP contribution in [0.15, 0.2) is 0 Å². The van der Waals surface area contributed by atoms with E-state index >= 15 is 0 Å². The zero-order valence-electron chi connectivity index (χ0n) is 6.42. The largest absolute Gasteiger partial charge is 0.263 e. The van der Waals surface area contributed by atoms with Crippen LogP contribution in [0, 0.1) is 6.92 Å². The summed E-state index contributed by atoms with van der Waals surface area (Å²) in [5, 5.41) is 6.77. The van der Waals surface area contributed by atoms with Crippen LogP contribution in [0.25, 0.3) is 0 Å². The molecule has 0 aliphatic rings. The first-order valence-corrected chi connectivity index (χ1v) is 3.09. The van der Waals surface area contributed by atoms with Crippen LogP contribution in [-0.4, -0.2) is 15.2 Å². The first-order chi connectivity index (χ1) is 4.20. The molecule has 1 aromatic rings. The van der Waals surface area contributed by atoms with Crippen LogP contribution < -0.4 is 0 Å². The normalized spacial score (nSPS) is 9.60. The Balaban J connectivity index is 0.000000810. The van der Waals surface area contributed by atoms with E-state index in [-0.39, 0.29) is 18.6 Å². The predicted octanol–water partition coefficient (Wildman–Crippen LogP) is 1.23. The number of nitrogens with zero attached hydrogens (tertiary/aromatic N) is 2. The van der Waals surface area contributed by atoms with Crippen LogP contribution >= 0.6 is 0 Å². The molecule has 1 aromatic heterocycles. The van der Waals surface area contributed by atoms with Crippen molar-refractivity contribution in [1.29, 1.82) is 0 Å². The topological polar surface area (TPSA) is 41.6 Å². The Morgan fingerprint density at radius 2 is 2.00 bits per heavy atom. The third-order valence-electron chi connectivity index (χ3n) is 1.13. The first-order valence-electron chi connectivity index (χ1n) is 3.09. The third-order valence-corrected chi connectivity index (χ3v) is 1.13. The minimum Gasteiger partial charge on any atom is -0.263 e. The van der Waals surface area contributed by atoms with Gasteiger partial charge in [-0.05, 0) is 6.92 Å². The molecule has 0 aliphatic heterocycles. The van der Waals surface area contributed by atoms with Crippen LogP contribution in [-0.2, 0) is 18.6 Å². The van der Waals surface area contributed by atoms with Gasteiger partial charge in [-0.15, -0.1) is 0 Å². The zero-order chi connectivity index (χ0) is 6.85. The van der Waals surface area contributed by atoms with Gasteiger partial charge in [0.05, 0.1) is 0 Å². The Labute approximate surface area is 72.5 Å². The summed E-state index contributed by atoms with van der Waals surface area (Å²) in [5.74, 6) is 2.21. The van der Waals surface area contributed by atoms with Gasteiger partial charge in [-0.1, -0.05) is 13.8 Å². The maximum atomic E-state index is 4.14. The average molecular weight is 176 g/mol. The SMILES string of the molecule is Cc1nc(C(C)C)n[nH]1.[V]. The number of nitrogens with one attached hydrogen (secondary N) is 1. The van der Waals surface area contributed by atoms with E-state index in [0.29, 0.717) is 5.92 Å². The van der Waals surface area contributed by atoms with Gasteiger partial charge in [0.25, 0.3) is 0 Å². The van der Waals surface area contributed by atoms with Crippen molar-refractivity contribution in [1.82, 2.24) is 15.2 Å². The number of aryl methyl sites for hydroxylation is 1. The fourth-order valence-electron chi connectivity index (χ4n) is 0.618. The van der Waals surface area contributed by atoms with Crippen molar-refractivity contribution < 1.29 is 18.6 Å². The third kappa shape index (κ3) is 2.16. The van der Waals surface area contributed by atoms with Crippen LogP contribution in [0.2, 0.25) is 0 Å². The molecule has 1 rings (SSSR count). The van der Waals surface area contributed by atoms with Gasteiger partial charge in [-0.25, -0.2) is 4.98 Å². The van der Waals surface area contributed by atoms with Gasteiger partial charge in [-0.2, -0.15) is 5.10 Å². The van der Waals surface area contributed by atoms with Crippen molar-refractivity contribution in [2.45, 2.75) is 26.7 Å². The van der Waals surface area contributed by atoms with E-state index in [2.05, 4.69) is 29.0 Å². The maximum absolute atomic E-state index is 4.14. The van der Waals surface area contributed by atoms with E-state index in [9.17, 15) is 0 Å². The first kappa shape index (κ1) is 9.72. The Morgan fingerprint density at radius 3 is 2.20 bits per heavy atom. The van der Waals surface area contributed by atoms with Gasteiger partial charge in [0, 0.05) is 24.5 Å². The van der Waals surface area contributed by atoms with Crippen molar-refractivity contribution in [3.8, 4) is 0 Å². The minimum absolute atomic E-state index is 0. The Hall–Kier alpha value is -0.276. The number of aromatic amines is 1. The summed E-state index contributed by atoms with van der Waals surface area (Å²) in [6.45, 7) is 6.05. The van der Waals surface area contributed by atoms with Gasteiger partial charge in [0.2, 0.25) is 0 Å². The number of hydrogen-bond donors (Lipinski definition) is 1. The quantitative estimate of drug-likeness (QED) is 0.699. The summed E-state index contributed by atoms with van der Waals surface area (Å²) in [6.07, 6.45) is 0. The number of hydrogen-bond acceptors (Lipinski definition) is 2. The molecular weight excluding hydrogens is 165 g/mol. The second-order valence-electron chi connectivity index (χ2n) is 2.43. The zero-order valence-corrected chi connectivity index (χ0v) is 7.82. The second kappa shape index (κ2) is 3.79. The fraction of sp³-hybridized carbons (Fsp3) is 0.667. The van der Waals surface area contributed by atoms with Gasteiger partial charge in [0.15, 0.2) is 5.82 Å². The summed E-state index contributed by atoms with van der Waals surface area (Å²) in [7, 11) is 0.